The molecule has 2 rings (SSSR count). The zero-order chi connectivity index (χ0) is 17.5. The summed E-state index contributed by atoms with van der Waals surface area (Å²) in [6.07, 6.45) is -0.0314. The second-order valence-corrected chi connectivity index (χ2v) is 5.78. The first-order valence-corrected chi connectivity index (χ1v) is 8.54. The van der Waals surface area contributed by atoms with E-state index < -0.39 is 0 Å². The molecule has 0 N–H and O–H groups in total. The van der Waals surface area contributed by atoms with Crippen molar-refractivity contribution in [3.63, 3.8) is 0 Å². The van der Waals surface area contributed by atoms with E-state index in [-0.39, 0.29) is 18.2 Å². The van der Waals surface area contributed by atoms with Crippen LogP contribution in [-0.4, -0.2) is 68.0 Å². The van der Waals surface area contributed by atoms with Crippen molar-refractivity contribution in [3.8, 4) is 5.75 Å². The lowest BCUT2D eigenvalue weighted by Gasteiger charge is -2.36. The van der Waals surface area contributed by atoms with Crippen LogP contribution in [0.1, 0.15) is 20.3 Å². The van der Waals surface area contributed by atoms with Crippen molar-refractivity contribution in [2.45, 2.75) is 20.3 Å². The zero-order valence-corrected chi connectivity index (χ0v) is 14.8. The smallest absolute Gasteiger partial charge is 0.232 e. The lowest BCUT2D eigenvalue weighted by molar-refractivity contribution is -0.140. The topological polar surface area (TPSA) is 53.1 Å². The quantitative estimate of drug-likeness (QED) is 0.742. The number of carbonyl (C=O) groups excluding carboxylic acids is 2. The molecule has 0 spiro atoms. The van der Waals surface area contributed by atoms with Crippen molar-refractivity contribution in [1.29, 1.82) is 0 Å². The first-order valence-electron chi connectivity index (χ1n) is 8.54. The van der Waals surface area contributed by atoms with Crippen molar-refractivity contribution in [1.82, 2.24) is 9.80 Å². The van der Waals surface area contributed by atoms with E-state index in [4.69, 9.17) is 4.74 Å². The molecule has 0 saturated carbocycles. The highest BCUT2D eigenvalue weighted by Crippen LogP contribution is 2.28. The third-order valence-corrected chi connectivity index (χ3v) is 4.48. The monoisotopic (exact) mass is 333 g/mol. The average Bonchev–Trinajstić information content (AvgIpc) is 2.62. The minimum Gasteiger partial charge on any atom is -0.495 e. The number of rotatable bonds is 6. The minimum absolute atomic E-state index is 0.0314. The van der Waals surface area contributed by atoms with Crippen LogP contribution in [0.2, 0.25) is 0 Å². The molecule has 1 aliphatic rings. The standard InChI is InChI=1S/C18H27N3O3/c1-4-19(5-2)17(22)14-18(23)21-12-10-20(11-13-21)15-8-6-7-9-16(15)24-3/h6-9H,4-5,10-14H2,1-3H3. The van der Waals surface area contributed by atoms with E-state index in [1.807, 2.05) is 38.1 Å². The molecule has 2 amide bonds. The van der Waals surface area contributed by atoms with Crippen LogP contribution >= 0.6 is 0 Å². The highest BCUT2D eigenvalue weighted by molar-refractivity contribution is 5.97. The van der Waals surface area contributed by atoms with Crippen molar-refractivity contribution >= 4 is 17.5 Å². The Balaban J connectivity index is 1.90. The summed E-state index contributed by atoms with van der Waals surface area (Å²) in [6.45, 7) is 7.88. The number of ether oxygens (including phenoxy) is 1. The van der Waals surface area contributed by atoms with Gasteiger partial charge in [-0.15, -0.1) is 0 Å². The van der Waals surface area contributed by atoms with Gasteiger partial charge in [-0.1, -0.05) is 12.1 Å². The molecule has 1 aromatic rings. The molecule has 0 atom stereocenters. The number of hydrogen-bond acceptors (Lipinski definition) is 4. The molecule has 1 heterocycles. The van der Waals surface area contributed by atoms with Gasteiger partial charge in [-0.3, -0.25) is 9.59 Å². The predicted molar refractivity (Wildman–Crippen MR) is 94.3 cm³/mol. The lowest BCUT2D eigenvalue weighted by atomic mass is 10.2. The van der Waals surface area contributed by atoms with Crippen molar-refractivity contribution in [2.75, 3.05) is 51.3 Å². The summed E-state index contributed by atoms with van der Waals surface area (Å²) in [7, 11) is 1.66. The van der Waals surface area contributed by atoms with Crippen LogP contribution < -0.4 is 9.64 Å². The number of piperazine rings is 1. The zero-order valence-electron chi connectivity index (χ0n) is 14.8. The maximum Gasteiger partial charge on any atom is 0.232 e. The second-order valence-electron chi connectivity index (χ2n) is 5.78. The third kappa shape index (κ3) is 4.19. The van der Waals surface area contributed by atoms with E-state index in [2.05, 4.69) is 4.90 Å². The summed E-state index contributed by atoms with van der Waals surface area (Å²) in [5.41, 5.74) is 1.05. The Kier molecular flexibility index (Phi) is 6.46. The van der Waals surface area contributed by atoms with E-state index in [1.54, 1.807) is 16.9 Å². The molecule has 0 aromatic heterocycles. The van der Waals surface area contributed by atoms with Crippen LogP contribution in [0.25, 0.3) is 0 Å². The molecule has 1 aliphatic heterocycles. The normalized spacial score (nSPS) is 14.5. The Morgan fingerprint density at radius 1 is 1.08 bits per heavy atom. The summed E-state index contributed by atoms with van der Waals surface area (Å²) in [5, 5.41) is 0. The third-order valence-electron chi connectivity index (χ3n) is 4.48. The van der Waals surface area contributed by atoms with Crippen LogP contribution in [0, 0.1) is 0 Å². The van der Waals surface area contributed by atoms with E-state index in [0.717, 1.165) is 24.5 Å². The summed E-state index contributed by atoms with van der Waals surface area (Å²) in [5.74, 6) is 0.678. The van der Waals surface area contributed by atoms with Crippen LogP contribution in [0.4, 0.5) is 5.69 Å². The lowest BCUT2D eigenvalue weighted by Crippen LogP contribution is -2.49. The minimum atomic E-state index is -0.0860. The first-order chi connectivity index (χ1) is 11.6. The largest absolute Gasteiger partial charge is 0.495 e. The summed E-state index contributed by atoms with van der Waals surface area (Å²) in [4.78, 5) is 30.1. The van der Waals surface area contributed by atoms with E-state index in [9.17, 15) is 9.59 Å². The molecule has 0 aliphatic carbocycles. The molecule has 132 valence electrons. The Bertz CT molecular complexity index is 564. The van der Waals surface area contributed by atoms with Crippen LogP contribution in [0.3, 0.4) is 0 Å². The van der Waals surface area contributed by atoms with E-state index in [0.29, 0.717) is 26.2 Å². The Hall–Kier alpha value is -2.24. The van der Waals surface area contributed by atoms with Gasteiger partial charge in [0.25, 0.3) is 0 Å². The molecule has 6 heteroatoms. The van der Waals surface area contributed by atoms with Crippen LogP contribution in [-0.2, 0) is 9.59 Å². The predicted octanol–water partition coefficient (Wildman–Crippen LogP) is 1.60. The fourth-order valence-electron chi connectivity index (χ4n) is 3.02. The van der Waals surface area contributed by atoms with Gasteiger partial charge in [-0.05, 0) is 26.0 Å². The van der Waals surface area contributed by atoms with Gasteiger partial charge in [0.05, 0.1) is 12.8 Å². The number of amides is 2. The van der Waals surface area contributed by atoms with Crippen LogP contribution in [0.5, 0.6) is 5.75 Å². The van der Waals surface area contributed by atoms with E-state index in [1.165, 1.54) is 0 Å². The molecule has 1 fully saturated rings. The molecule has 24 heavy (non-hydrogen) atoms. The maximum atomic E-state index is 12.3. The fourth-order valence-corrected chi connectivity index (χ4v) is 3.02. The average molecular weight is 333 g/mol. The fraction of sp³-hybridized carbons (Fsp3) is 0.556. The van der Waals surface area contributed by atoms with Crippen molar-refractivity contribution in [3.05, 3.63) is 24.3 Å². The maximum absolute atomic E-state index is 12.3. The van der Waals surface area contributed by atoms with Crippen molar-refractivity contribution < 1.29 is 14.3 Å². The van der Waals surface area contributed by atoms with Crippen LogP contribution in [0.15, 0.2) is 24.3 Å². The van der Waals surface area contributed by atoms with Gasteiger partial charge in [0, 0.05) is 39.3 Å². The highest BCUT2D eigenvalue weighted by Gasteiger charge is 2.25. The van der Waals surface area contributed by atoms with Gasteiger partial charge < -0.3 is 19.4 Å². The Labute approximate surface area is 144 Å². The Morgan fingerprint density at radius 3 is 2.29 bits per heavy atom. The second kappa shape index (κ2) is 8.57. The number of carbonyl (C=O) groups is 2. The van der Waals surface area contributed by atoms with Gasteiger partial charge in [0.15, 0.2) is 0 Å². The van der Waals surface area contributed by atoms with Gasteiger partial charge >= 0.3 is 0 Å². The van der Waals surface area contributed by atoms with Crippen molar-refractivity contribution in [2.24, 2.45) is 0 Å². The summed E-state index contributed by atoms with van der Waals surface area (Å²) >= 11 is 0. The molecule has 0 bridgehead atoms. The molecule has 0 radical (unpaired) electrons. The van der Waals surface area contributed by atoms with Gasteiger partial charge in [0.2, 0.25) is 11.8 Å². The molecule has 0 unspecified atom stereocenters. The number of methoxy groups -OCH3 is 1. The molecule has 1 aromatic carbocycles. The molecule has 6 nitrogen and oxygen atoms in total. The summed E-state index contributed by atoms with van der Waals surface area (Å²) < 4.78 is 5.40. The number of benzene rings is 1. The first kappa shape index (κ1) is 18.1. The SMILES string of the molecule is CCN(CC)C(=O)CC(=O)N1CCN(c2ccccc2OC)CC1. The van der Waals surface area contributed by atoms with Gasteiger partial charge in [0.1, 0.15) is 12.2 Å². The highest BCUT2D eigenvalue weighted by atomic mass is 16.5. The molecular weight excluding hydrogens is 306 g/mol. The molecular formula is C18H27N3O3. The van der Waals surface area contributed by atoms with Gasteiger partial charge in [-0.2, -0.15) is 0 Å². The molecule has 1 saturated heterocycles. The van der Waals surface area contributed by atoms with E-state index >= 15 is 0 Å². The number of para-hydroxylation sites is 2. The number of nitrogens with zero attached hydrogens (tertiary/aromatic N) is 3. The number of anilines is 1. The van der Waals surface area contributed by atoms with Gasteiger partial charge in [-0.25, -0.2) is 0 Å². The summed E-state index contributed by atoms with van der Waals surface area (Å²) in [6, 6.07) is 7.90. The Morgan fingerprint density at radius 2 is 1.71 bits per heavy atom. The number of hydrogen-bond donors (Lipinski definition) is 0.